The fourth-order valence-electron chi connectivity index (χ4n) is 16.3. The van der Waals surface area contributed by atoms with Crippen molar-refractivity contribution in [2.45, 2.75) is 180 Å². The van der Waals surface area contributed by atoms with Gasteiger partial charge in [-0.05, 0) is 164 Å². The highest BCUT2D eigenvalue weighted by Crippen LogP contribution is 2.50. The number of Topliss-reactive ketones (excluding diaryl/α,β-unsaturated/α-hetero) is 1. The van der Waals surface area contributed by atoms with E-state index in [-0.39, 0.29) is 94.0 Å². The Labute approximate surface area is 804 Å². The number of esters is 1. The Balaban J connectivity index is 0.539. The van der Waals surface area contributed by atoms with Crippen molar-refractivity contribution in [1.82, 2.24) is 50.2 Å². The maximum Gasteiger partial charge on any atom is 0.409 e. The number of hydrogen-bond donors (Lipinski definition) is 3. The highest BCUT2D eigenvalue weighted by Gasteiger charge is 2.65. The summed E-state index contributed by atoms with van der Waals surface area (Å²) in [6.07, 6.45) is 10.5. The van der Waals surface area contributed by atoms with Crippen LogP contribution in [0.2, 0.25) is 5.02 Å². The van der Waals surface area contributed by atoms with Crippen LogP contribution in [-0.4, -0.2) is 221 Å². The summed E-state index contributed by atoms with van der Waals surface area (Å²) < 4.78 is 53.7. The lowest BCUT2D eigenvalue weighted by Gasteiger charge is -2.42. The van der Waals surface area contributed by atoms with E-state index in [1.165, 1.54) is 52.7 Å². The number of rotatable bonds is 48. The number of aryl methyl sites for hydroxylation is 1. The molecule has 9 aromatic rings. The van der Waals surface area contributed by atoms with E-state index in [2.05, 4.69) is 95.0 Å². The van der Waals surface area contributed by atoms with E-state index >= 15 is 0 Å². The number of ketones is 1. The number of unbranched alkanes of at least 4 members (excludes halogenated alkanes) is 1. The zero-order chi connectivity index (χ0) is 95.5. The lowest BCUT2D eigenvalue weighted by atomic mass is 9.83. The Bertz CT molecular complexity index is 5190. The second kappa shape index (κ2) is 52.2. The second-order valence-electron chi connectivity index (χ2n) is 34.4. The molecule has 7 heterocycles. The molecule has 5 amide bonds. The molecule has 8 atom stereocenters. The topological polar surface area (TPSA) is 318 Å². The number of nitrogens with zero attached hydrogens (tertiary/aromatic N) is 9. The predicted octanol–water partition coefficient (Wildman–Crippen LogP) is 15.1. The number of carbonyl (C=O) groups excluding carboxylic acids is 7. The van der Waals surface area contributed by atoms with Crippen LogP contribution in [0.3, 0.4) is 0 Å². The van der Waals surface area contributed by atoms with Gasteiger partial charge in [0.2, 0.25) is 23.6 Å². The van der Waals surface area contributed by atoms with Crippen LogP contribution in [0.25, 0.3) is 11.1 Å². The number of likely N-dealkylation sites (N-methyl/N-ethyl adjacent to an activating group) is 1. The van der Waals surface area contributed by atoms with Gasteiger partial charge < -0.3 is 67.8 Å². The first kappa shape index (κ1) is 103. The van der Waals surface area contributed by atoms with E-state index in [9.17, 15) is 38.7 Å². The fraction of sp³-hybridized carbons (Fsp3) is 0.413. The molecule has 4 aromatic heterocycles. The van der Waals surface area contributed by atoms with Crippen molar-refractivity contribution >= 4 is 80.4 Å². The van der Waals surface area contributed by atoms with E-state index in [0.29, 0.717) is 120 Å². The Morgan fingerprint density at radius 3 is 1.81 bits per heavy atom. The average Bonchev–Trinajstić information content (AvgIpc) is 1.57. The number of epoxide rings is 1. The van der Waals surface area contributed by atoms with Gasteiger partial charge in [0, 0.05) is 148 Å². The quantitative estimate of drug-likeness (QED) is 0.0138. The number of halogens is 1. The summed E-state index contributed by atoms with van der Waals surface area (Å²) in [5, 5.41) is 17.6. The minimum Gasteiger partial charge on any atom is -0.495 e. The molecule has 3 aliphatic rings. The number of benzene rings is 5. The molecular formula is C104H124ClN11O17S2. The number of methoxy groups -OCH3 is 2. The summed E-state index contributed by atoms with van der Waals surface area (Å²) >= 11 is 6.88. The van der Waals surface area contributed by atoms with E-state index in [0.717, 1.165) is 78.6 Å². The summed E-state index contributed by atoms with van der Waals surface area (Å²) in [4.78, 5) is 123. The first-order valence-electron chi connectivity index (χ1n) is 45.8. The summed E-state index contributed by atoms with van der Waals surface area (Å²) in [6.45, 7) is 12.7. The number of aromatic nitrogens is 4. The van der Waals surface area contributed by atoms with Gasteiger partial charge in [0.25, 0.3) is 0 Å². The lowest BCUT2D eigenvalue weighted by Crippen LogP contribution is -2.63. The third-order valence-electron chi connectivity index (χ3n) is 24.0. The van der Waals surface area contributed by atoms with E-state index in [1.54, 1.807) is 52.1 Å². The maximum atomic E-state index is 14.5. The zero-order valence-electron chi connectivity index (χ0n) is 78.1. The van der Waals surface area contributed by atoms with Gasteiger partial charge in [-0.3, -0.25) is 59.0 Å². The van der Waals surface area contributed by atoms with Gasteiger partial charge in [-0.2, -0.15) is 0 Å². The highest BCUT2D eigenvalue weighted by atomic mass is 35.5. The van der Waals surface area contributed by atoms with E-state index in [1.807, 2.05) is 158 Å². The van der Waals surface area contributed by atoms with Crippen molar-refractivity contribution in [2.24, 2.45) is 5.92 Å². The SMILES string of the molecule is COc1cc2cc(c1Cl)N(C)C(=O)C[C@@H](OC(=O)[C@@H](C)N(C)C(=O)CCSSCCC(=O)CCc1ccc(CNC(=O)COCCOCCOCC(=O)N(CCCCOc3cc(CN(Cc4ccccn4)Cc4ccccn4)cc(CN(Cc4ccccn4)Cc4ccccn4)c3)Cc3ccc(-c4ccccc4)cc3)cc1)[C@]1(C)O[C@@H]1[C@@H](C)[C@H]1C[C@](O)(NC(=O)O1)C(OC)/C=C/C=C(\C)C2. The van der Waals surface area contributed by atoms with Crippen molar-refractivity contribution in [3.8, 4) is 22.6 Å². The van der Waals surface area contributed by atoms with Crippen molar-refractivity contribution in [2.75, 3.05) is 97.5 Å². The summed E-state index contributed by atoms with van der Waals surface area (Å²) in [5.41, 5.74) is 9.91. The molecule has 716 valence electrons. The molecule has 4 bridgehead atoms. The van der Waals surface area contributed by atoms with Crippen molar-refractivity contribution in [1.29, 1.82) is 0 Å². The average molecular weight is 1900 g/mol. The van der Waals surface area contributed by atoms with Gasteiger partial charge in [-0.15, -0.1) is 0 Å². The van der Waals surface area contributed by atoms with Crippen LogP contribution in [0.1, 0.15) is 129 Å². The number of carbonyl (C=O) groups is 7. The number of nitrogens with one attached hydrogen (secondary N) is 2. The highest BCUT2D eigenvalue weighted by molar-refractivity contribution is 8.76. The second-order valence-corrected chi connectivity index (χ2v) is 37.5. The Hall–Kier alpha value is -11.3. The third kappa shape index (κ3) is 31.9. The maximum absolute atomic E-state index is 14.5. The predicted molar refractivity (Wildman–Crippen MR) is 520 cm³/mol. The molecule has 12 rings (SSSR count). The Morgan fingerprint density at radius 1 is 0.652 bits per heavy atom. The van der Waals surface area contributed by atoms with Crippen LogP contribution in [-0.2, 0) is 127 Å². The van der Waals surface area contributed by atoms with E-state index < -0.39 is 65.7 Å². The number of aliphatic hydroxyl groups is 1. The zero-order valence-corrected chi connectivity index (χ0v) is 80.5. The van der Waals surface area contributed by atoms with Gasteiger partial charge in [0.1, 0.15) is 65.5 Å². The minimum atomic E-state index is -1.88. The number of anilines is 1. The molecule has 135 heavy (non-hydrogen) atoms. The molecule has 0 radical (unpaired) electrons. The van der Waals surface area contributed by atoms with Crippen molar-refractivity contribution in [3.63, 3.8) is 0 Å². The van der Waals surface area contributed by atoms with Gasteiger partial charge in [-0.1, -0.05) is 173 Å². The normalized spacial score (nSPS) is 19.2. The number of hydrogen-bond acceptors (Lipinski definition) is 25. The molecular weight excluding hydrogens is 1770 g/mol. The number of allylic oxidation sites excluding steroid dienone is 3. The number of pyridine rings is 4. The lowest BCUT2D eigenvalue weighted by molar-refractivity contribution is -0.162. The number of fused-ring (bicyclic) bond motifs is 5. The van der Waals surface area contributed by atoms with Gasteiger partial charge in [0.05, 0.1) is 81.1 Å². The first-order chi connectivity index (χ1) is 65.4. The molecule has 2 saturated heterocycles. The molecule has 0 spiro atoms. The molecule has 2 fully saturated rings. The molecule has 3 aliphatic heterocycles. The van der Waals surface area contributed by atoms with Crippen LogP contribution < -0.4 is 25.0 Å². The largest absolute Gasteiger partial charge is 0.495 e. The Morgan fingerprint density at radius 2 is 1.22 bits per heavy atom. The van der Waals surface area contributed by atoms with Crippen molar-refractivity contribution in [3.05, 3.63) is 292 Å². The molecule has 31 heteroatoms. The van der Waals surface area contributed by atoms with Gasteiger partial charge >= 0.3 is 12.1 Å². The van der Waals surface area contributed by atoms with Gasteiger partial charge in [0.15, 0.2) is 5.72 Å². The summed E-state index contributed by atoms with van der Waals surface area (Å²) in [7, 11) is 8.92. The molecule has 5 aromatic carbocycles. The Kier molecular flexibility index (Phi) is 39.7. The fourth-order valence-corrected chi connectivity index (χ4v) is 18.6. The molecule has 3 N–H and O–H groups in total. The van der Waals surface area contributed by atoms with Crippen molar-refractivity contribution < 1.29 is 81.3 Å². The first-order valence-corrected chi connectivity index (χ1v) is 48.6. The summed E-state index contributed by atoms with van der Waals surface area (Å²) in [6, 6.07) is 59.2. The van der Waals surface area contributed by atoms with Crippen LogP contribution in [0.15, 0.2) is 231 Å². The minimum absolute atomic E-state index is 0.0904. The number of ether oxygens (including phenoxy) is 9. The van der Waals surface area contributed by atoms with E-state index in [4.69, 9.17) is 54.2 Å². The van der Waals surface area contributed by atoms with Crippen LogP contribution in [0.5, 0.6) is 11.5 Å². The van der Waals surface area contributed by atoms with Crippen LogP contribution in [0, 0.1) is 5.92 Å². The number of amides is 5. The molecule has 28 nitrogen and oxygen atoms in total. The smallest absolute Gasteiger partial charge is 0.409 e. The monoisotopic (exact) mass is 1900 g/mol. The summed E-state index contributed by atoms with van der Waals surface area (Å²) in [5.74, 6) is -0.453. The van der Waals surface area contributed by atoms with Crippen LogP contribution in [0.4, 0.5) is 10.5 Å². The third-order valence-corrected chi connectivity index (χ3v) is 26.8. The molecule has 0 aliphatic carbocycles. The molecule has 1 unspecified atom stereocenters. The standard InChI is InChI=1S/C104H124ClN11O17S2/c1-73-23-22-30-93(126-8)104(124)62-92(131-102(123)111-104)74(2)100-103(4,133-100)94(61-97(120)113(6)90-59-79(55-73)60-91(125-7)99(90)105)132-101(122)75(3)112(5)96(119)42-54-135-134-53-41-88(117)40-37-76-31-33-77(34-32-76)63-110-95(118)71-128-51-49-127-50-52-129-72-98(121)116(66-78-35-38-83(39-36-78)82-24-10-9-11-25-82)47-20-21-48-130-89-57-80(64-114(67-84-26-12-16-43-106-84)68-85-27-13-17-44-107-85)56-81(58-89)65-115(69-86-28-14-18-45-108-86)70-87-29-15-19-46-109-87/h9-19,22-36,38-39,43-46,56-60,74-75,92-94,100,124H,20-21,37,40-42,47-55,61-72H2,1-8H3,(H,110,118)(H,111,123)/b30-22+,73-23+/t74-,75+,92+,93?,94+,100+,103-,104+/m0/s1. The van der Waals surface area contributed by atoms with Crippen LogP contribution >= 0.6 is 33.2 Å². The number of alkyl carbamates (subject to hydrolysis) is 1. The molecule has 0 saturated carbocycles. The van der Waals surface area contributed by atoms with Gasteiger partial charge in [-0.25, -0.2) is 9.59 Å².